The van der Waals surface area contributed by atoms with Crippen molar-refractivity contribution in [3.05, 3.63) is 0 Å². The summed E-state index contributed by atoms with van der Waals surface area (Å²) in [5.74, 6) is 0. The monoisotopic (exact) mass is 410 g/mol. The van der Waals surface area contributed by atoms with Crippen molar-refractivity contribution < 1.29 is 38.7 Å². The number of hydrogen-bond acceptors (Lipinski definition) is 1. The Morgan fingerprint density at radius 3 is 1.09 bits per heavy atom. The van der Waals surface area contributed by atoms with Crippen LogP contribution in [-0.4, -0.2) is 42.6 Å². The first kappa shape index (κ1) is 29.5. The molecule has 0 bridgehead atoms. The Bertz CT molecular complexity index is 230. The molecule has 0 aromatic heterocycles. The van der Waals surface area contributed by atoms with Gasteiger partial charge in [-0.05, 0) is 0 Å². The van der Waals surface area contributed by atoms with Gasteiger partial charge in [0.1, 0.15) is 0 Å². The molecule has 0 aliphatic heterocycles. The van der Waals surface area contributed by atoms with E-state index < -0.39 is 7.82 Å². The van der Waals surface area contributed by atoms with E-state index in [2.05, 4.69) is 6.92 Å². The topological polar surface area (TPSA) is 77.8 Å². The maximum absolute atomic E-state index is 8.88. The van der Waals surface area contributed by atoms with Crippen molar-refractivity contribution in [1.82, 2.24) is 0 Å². The van der Waals surface area contributed by atoms with Crippen LogP contribution in [-0.2, 0) is 24.0 Å². The molecule has 0 aliphatic carbocycles. The Morgan fingerprint density at radius 2 is 0.870 bits per heavy atom. The summed E-state index contributed by atoms with van der Waals surface area (Å²) in [5.41, 5.74) is 0. The van der Waals surface area contributed by atoms with E-state index in [1.54, 1.807) is 0 Å². The third-order valence-corrected chi connectivity index (χ3v) is 4.41. The van der Waals surface area contributed by atoms with E-state index in [9.17, 15) is 0 Å². The van der Waals surface area contributed by atoms with Crippen molar-refractivity contribution in [2.24, 2.45) is 0 Å². The zero-order valence-corrected chi connectivity index (χ0v) is 21.4. The van der Waals surface area contributed by atoms with Crippen molar-refractivity contribution in [3.8, 4) is 0 Å². The summed E-state index contributed by atoms with van der Waals surface area (Å²) in [7, 11) is -4.64. The molecule has 0 fully saturated rings. The first-order valence-corrected chi connectivity index (χ1v) is 12.2. The normalized spacial score (nSPS) is 10.7. The summed E-state index contributed by atoms with van der Waals surface area (Å²) in [6, 6.07) is 0. The van der Waals surface area contributed by atoms with Crippen LogP contribution in [0.3, 0.4) is 0 Å². The first-order valence-electron chi connectivity index (χ1n) is 9.20. The van der Waals surface area contributed by atoms with Gasteiger partial charge in [-0.2, -0.15) is 0 Å². The molecule has 0 spiro atoms. The van der Waals surface area contributed by atoms with E-state index in [4.69, 9.17) is 19.2 Å². The predicted octanol–water partition coefficient (Wildman–Crippen LogP) is 5.12. The van der Waals surface area contributed by atoms with E-state index in [1.807, 2.05) is 0 Å². The zero-order valence-electron chi connectivity index (χ0n) is 15.5. The molecule has 4 nitrogen and oxygen atoms in total. The largest absolute Gasteiger partial charge is 0.466 e. The predicted molar refractivity (Wildman–Crippen MR) is 95.1 cm³/mol. The van der Waals surface area contributed by atoms with Crippen LogP contribution in [0.25, 0.3) is 0 Å². The molecule has 0 saturated carbocycles. The SMILES string of the molecule is CCCCCCCCCCCCCCC[CH2][Na].O=P(O)(O)O.[Zn]. The maximum atomic E-state index is 8.88. The van der Waals surface area contributed by atoms with Crippen LogP contribution in [0.15, 0.2) is 0 Å². The molecule has 0 saturated heterocycles. The van der Waals surface area contributed by atoms with Crippen LogP contribution in [0.5, 0.6) is 0 Å². The molecule has 132 valence electrons. The quantitative estimate of drug-likeness (QED) is 0.210. The number of rotatable bonds is 14. The molecule has 0 heterocycles. The van der Waals surface area contributed by atoms with Gasteiger partial charge in [-0.3, -0.25) is 0 Å². The molecular weight excluding hydrogens is 376 g/mol. The van der Waals surface area contributed by atoms with Crippen molar-refractivity contribution in [2.45, 2.75) is 100 Å². The number of hydrogen-bond donors (Lipinski definition) is 3. The second kappa shape index (κ2) is 23.7. The third-order valence-electron chi connectivity index (χ3n) is 3.71. The van der Waals surface area contributed by atoms with Crippen LogP contribution >= 0.6 is 7.82 Å². The molecule has 0 aliphatic rings. The van der Waals surface area contributed by atoms with Gasteiger partial charge in [-0.1, -0.05) is 26.2 Å². The average molecular weight is 412 g/mol. The van der Waals surface area contributed by atoms with Gasteiger partial charge in [-0.15, -0.1) is 0 Å². The Kier molecular flexibility index (Phi) is 30.4. The molecule has 23 heavy (non-hydrogen) atoms. The fraction of sp³-hybridized carbons (Fsp3) is 1.00. The first-order chi connectivity index (χ1) is 10.4. The molecular formula is C16H36NaO4PZn. The van der Waals surface area contributed by atoms with E-state index >= 15 is 0 Å². The molecule has 3 N–H and O–H groups in total. The van der Waals surface area contributed by atoms with Gasteiger partial charge in [0.25, 0.3) is 0 Å². The van der Waals surface area contributed by atoms with Crippen molar-refractivity contribution in [3.63, 3.8) is 0 Å². The standard InChI is InChI=1S/C16H33.Na.H3O4P.Zn/c1-3-5-7-9-11-13-15-16-14-12-10-8-6-4-2;;1-5(2,3)4;/h1,3-16H2,2H3;;(H3,1,2,3,4);. The number of unbranched alkanes of at least 4 members (excludes halogenated alkanes) is 13. The van der Waals surface area contributed by atoms with E-state index in [0.29, 0.717) is 0 Å². The van der Waals surface area contributed by atoms with Crippen LogP contribution < -0.4 is 0 Å². The van der Waals surface area contributed by atoms with Crippen LogP contribution in [0, 0.1) is 0 Å². The second-order valence-corrected chi connectivity index (χ2v) is 8.14. The van der Waals surface area contributed by atoms with Crippen molar-refractivity contribution in [2.75, 3.05) is 0 Å². The average Bonchev–Trinajstić information content (AvgIpc) is 2.42. The summed E-state index contributed by atoms with van der Waals surface area (Å²) < 4.78 is 10.4. The van der Waals surface area contributed by atoms with Crippen LogP contribution in [0.2, 0.25) is 3.67 Å². The molecule has 0 atom stereocenters. The Morgan fingerprint density at radius 1 is 0.652 bits per heavy atom. The molecule has 0 radical (unpaired) electrons. The van der Waals surface area contributed by atoms with Crippen molar-refractivity contribution in [1.29, 1.82) is 0 Å². The van der Waals surface area contributed by atoms with Crippen LogP contribution in [0.4, 0.5) is 0 Å². The summed E-state index contributed by atoms with van der Waals surface area (Å²) in [6.07, 6.45) is 20.7. The minimum Gasteiger partial charge on any atom is -0.303 e. The van der Waals surface area contributed by atoms with Gasteiger partial charge in [0, 0.05) is 19.5 Å². The van der Waals surface area contributed by atoms with Crippen molar-refractivity contribution >= 4 is 35.8 Å². The van der Waals surface area contributed by atoms with Crippen LogP contribution in [0.1, 0.15) is 96.8 Å². The molecule has 0 aromatic carbocycles. The van der Waals surface area contributed by atoms with Gasteiger partial charge in [0.2, 0.25) is 0 Å². The molecule has 0 aromatic rings. The van der Waals surface area contributed by atoms with Gasteiger partial charge in [0.15, 0.2) is 0 Å². The molecule has 0 unspecified atom stereocenters. The van der Waals surface area contributed by atoms with E-state index in [0.717, 1.165) is 0 Å². The van der Waals surface area contributed by atoms with E-state index in [1.165, 1.54) is 121 Å². The Labute approximate surface area is 174 Å². The Balaban J connectivity index is -0.000000578. The summed E-state index contributed by atoms with van der Waals surface area (Å²) in [4.78, 5) is 21.6. The third kappa shape index (κ3) is 45.3. The Hall–Kier alpha value is 1.73. The van der Waals surface area contributed by atoms with E-state index in [-0.39, 0.29) is 19.5 Å². The minimum atomic E-state index is -4.64. The molecule has 0 amide bonds. The maximum Gasteiger partial charge on any atom is 0.466 e. The summed E-state index contributed by atoms with van der Waals surface area (Å²) in [5, 5.41) is 0. The molecule has 7 heteroatoms. The number of phosphoric acid groups is 1. The molecule has 0 rings (SSSR count). The second-order valence-electron chi connectivity index (χ2n) is 6.11. The minimum absolute atomic E-state index is 0. The van der Waals surface area contributed by atoms with Gasteiger partial charge >= 0.3 is 110 Å². The smallest absolute Gasteiger partial charge is 0.303 e. The zero-order chi connectivity index (χ0) is 17.1. The fourth-order valence-electron chi connectivity index (χ4n) is 2.44. The van der Waals surface area contributed by atoms with Gasteiger partial charge in [-0.25, -0.2) is 4.57 Å². The summed E-state index contributed by atoms with van der Waals surface area (Å²) >= 11 is 1.41. The fourth-order valence-corrected chi connectivity index (χ4v) is 2.94. The summed E-state index contributed by atoms with van der Waals surface area (Å²) in [6.45, 7) is 2.29. The van der Waals surface area contributed by atoms with Gasteiger partial charge < -0.3 is 14.7 Å². The van der Waals surface area contributed by atoms with Gasteiger partial charge in [0.05, 0.1) is 0 Å².